The number of hydrogen-bond donors (Lipinski definition) is 2. The monoisotopic (exact) mass is 385 g/mol. The SMILES string of the molecule is CC(=O)N[C@H](c1ccccn1)C1CCC(CNC(=O)c2ccc(C)s2)CC1. The molecule has 2 N–H and O–H groups in total. The van der Waals surface area contributed by atoms with Gasteiger partial charge in [0.25, 0.3) is 5.91 Å². The van der Waals surface area contributed by atoms with Crippen molar-refractivity contribution >= 4 is 23.2 Å². The largest absolute Gasteiger partial charge is 0.351 e. The van der Waals surface area contributed by atoms with Crippen LogP contribution in [0.2, 0.25) is 0 Å². The summed E-state index contributed by atoms with van der Waals surface area (Å²) in [6.07, 6.45) is 5.94. The Hall–Kier alpha value is -2.21. The highest BCUT2D eigenvalue weighted by molar-refractivity contribution is 7.13. The second-order valence-electron chi connectivity index (χ2n) is 7.33. The maximum atomic E-state index is 12.2. The van der Waals surface area contributed by atoms with Crippen LogP contribution in [0.3, 0.4) is 0 Å². The zero-order valence-electron chi connectivity index (χ0n) is 15.9. The van der Waals surface area contributed by atoms with Gasteiger partial charge in [-0.1, -0.05) is 6.07 Å². The fourth-order valence-corrected chi connectivity index (χ4v) is 4.60. The lowest BCUT2D eigenvalue weighted by Gasteiger charge is -2.34. The summed E-state index contributed by atoms with van der Waals surface area (Å²) in [5, 5.41) is 6.16. The van der Waals surface area contributed by atoms with Gasteiger partial charge in [0.15, 0.2) is 0 Å². The van der Waals surface area contributed by atoms with E-state index in [9.17, 15) is 9.59 Å². The van der Waals surface area contributed by atoms with Crippen molar-refractivity contribution in [1.82, 2.24) is 15.6 Å². The molecule has 0 radical (unpaired) electrons. The quantitative estimate of drug-likeness (QED) is 0.793. The van der Waals surface area contributed by atoms with Crippen LogP contribution in [0.5, 0.6) is 0 Å². The van der Waals surface area contributed by atoms with E-state index in [4.69, 9.17) is 0 Å². The first-order valence-corrected chi connectivity index (χ1v) is 10.4. The van der Waals surface area contributed by atoms with E-state index in [0.29, 0.717) is 11.8 Å². The van der Waals surface area contributed by atoms with Crippen LogP contribution in [0.15, 0.2) is 36.5 Å². The van der Waals surface area contributed by atoms with E-state index >= 15 is 0 Å². The van der Waals surface area contributed by atoms with Crippen LogP contribution < -0.4 is 10.6 Å². The van der Waals surface area contributed by atoms with Gasteiger partial charge < -0.3 is 10.6 Å². The lowest BCUT2D eigenvalue weighted by Crippen LogP contribution is -2.36. The van der Waals surface area contributed by atoms with Crippen molar-refractivity contribution in [3.8, 4) is 0 Å². The first-order valence-electron chi connectivity index (χ1n) is 9.55. The molecular weight excluding hydrogens is 358 g/mol. The summed E-state index contributed by atoms with van der Waals surface area (Å²) in [5.74, 6) is 0.884. The summed E-state index contributed by atoms with van der Waals surface area (Å²) in [4.78, 5) is 30.3. The average Bonchev–Trinajstić information content (AvgIpc) is 3.12. The van der Waals surface area contributed by atoms with Gasteiger partial charge in [-0.15, -0.1) is 11.3 Å². The van der Waals surface area contributed by atoms with Crippen LogP contribution >= 0.6 is 11.3 Å². The number of aromatic nitrogens is 1. The molecule has 5 nitrogen and oxygen atoms in total. The smallest absolute Gasteiger partial charge is 0.261 e. The zero-order chi connectivity index (χ0) is 19.2. The van der Waals surface area contributed by atoms with Crippen LogP contribution in [0.4, 0.5) is 0 Å². The van der Waals surface area contributed by atoms with E-state index in [0.717, 1.165) is 47.7 Å². The van der Waals surface area contributed by atoms with Crippen molar-refractivity contribution in [1.29, 1.82) is 0 Å². The molecule has 27 heavy (non-hydrogen) atoms. The zero-order valence-corrected chi connectivity index (χ0v) is 16.7. The Labute approximate surface area is 164 Å². The summed E-state index contributed by atoms with van der Waals surface area (Å²) in [6, 6.07) is 9.67. The molecule has 0 aromatic carbocycles. The van der Waals surface area contributed by atoms with Gasteiger partial charge in [-0.05, 0) is 68.7 Å². The number of carbonyl (C=O) groups is 2. The highest BCUT2D eigenvalue weighted by Gasteiger charge is 2.30. The van der Waals surface area contributed by atoms with E-state index in [1.54, 1.807) is 13.1 Å². The number of amides is 2. The minimum atomic E-state index is -0.0339. The average molecular weight is 386 g/mol. The third-order valence-corrected chi connectivity index (χ3v) is 6.24. The van der Waals surface area contributed by atoms with Crippen molar-refractivity contribution in [2.75, 3.05) is 6.54 Å². The molecule has 0 bridgehead atoms. The van der Waals surface area contributed by atoms with Crippen molar-refractivity contribution < 1.29 is 9.59 Å². The van der Waals surface area contributed by atoms with Crippen LogP contribution in [0, 0.1) is 18.8 Å². The van der Waals surface area contributed by atoms with Crippen LogP contribution in [0.1, 0.15) is 58.9 Å². The third kappa shape index (κ3) is 5.39. The summed E-state index contributed by atoms with van der Waals surface area (Å²) in [6.45, 7) is 4.29. The Morgan fingerprint density at radius 3 is 2.56 bits per heavy atom. The Balaban J connectivity index is 1.52. The van der Waals surface area contributed by atoms with Gasteiger partial charge in [-0.3, -0.25) is 14.6 Å². The van der Waals surface area contributed by atoms with E-state index in [1.807, 2.05) is 37.3 Å². The third-order valence-electron chi connectivity index (χ3n) is 5.24. The van der Waals surface area contributed by atoms with Gasteiger partial charge in [0.2, 0.25) is 5.91 Å². The summed E-state index contributed by atoms with van der Waals surface area (Å²) in [5.41, 5.74) is 0.928. The van der Waals surface area contributed by atoms with E-state index in [-0.39, 0.29) is 17.9 Å². The molecule has 2 aromatic heterocycles. The predicted octanol–water partition coefficient (Wildman–Crippen LogP) is 3.87. The lowest BCUT2D eigenvalue weighted by molar-refractivity contribution is -0.120. The molecule has 144 valence electrons. The summed E-state index contributed by atoms with van der Waals surface area (Å²) in [7, 11) is 0. The van der Waals surface area contributed by atoms with Crippen molar-refractivity contribution in [3.63, 3.8) is 0 Å². The van der Waals surface area contributed by atoms with Crippen LogP contribution in [-0.4, -0.2) is 23.3 Å². The fourth-order valence-electron chi connectivity index (χ4n) is 3.82. The van der Waals surface area contributed by atoms with Crippen LogP contribution in [0.25, 0.3) is 0 Å². The Morgan fingerprint density at radius 2 is 1.96 bits per heavy atom. The normalized spacial score (nSPS) is 20.7. The van der Waals surface area contributed by atoms with E-state index in [2.05, 4.69) is 15.6 Å². The maximum absolute atomic E-state index is 12.2. The molecular formula is C21H27N3O2S. The number of nitrogens with one attached hydrogen (secondary N) is 2. The summed E-state index contributed by atoms with van der Waals surface area (Å²) >= 11 is 1.53. The number of pyridine rings is 1. The molecule has 2 heterocycles. The van der Waals surface area contributed by atoms with E-state index in [1.165, 1.54) is 11.3 Å². The molecule has 1 atom stereocenters. The molecule has 3 rings (SSSR count). The number of aryl methyl sites for hydroxylation is 1. The number of carbonyl (C=O) groups excluding carboxylic acids is 2. The molecule has 0 aliphatic heterocycles. The molecule has 2 amide bonds. The van der Waals surface area contributed by atoms with E-state index < -0.39 is 0 Å². The van der Waals surface area contributed by atoms with Crippen LogP contribution in [-0.2, 0) is 4.79 Å². The first-order chi connectivity index (χ1) is 13.0. The van der Waals surface area contributed by atoms with Crippen molar-refractivity contribution in [2.24, 2.45) is 11.8 Å². The molecule has 1 aliphatic carbocycles. The minimum absolute atomic E-state index is 0.0220. The fraction of sp³-hybridized carbons (Fsp3) is 0.476. The van der Waals surface area contributed by atoms with Crippen molar-refractivity contribution in [2.45, 2.75) is 45.6 Å². The molecule has 0 saturated heterocycles. The Bertz CT molecular complexity index is 767. The highest BCUT2D eigenvalue weighted by atomic mass is 32.1. The van der Waals surface area contributed by atoms with Gasteiger partial charge in [-0.25, -0.2) is 0 Å². The molecule has 0 unspecified atom stereocenters. The Kier molecular flexibility index (Phi) is 6.61. The molecule has 1 aliphatic rings. The molecule has 0 spiro atoms. The van der Waals surface area contributed by atoms with Crippen molar-refractivity contribution in [3.05, 3.63) is 52.0 Å². The molecule has 1 fully saturated rings. The number of hydrogen-bond acceptors (Lipinski definition) is 4. The van der Waals surface area contributed by atoms with Gasteiger partial charge in [0, 0.05) is 24.5 Å². The van der Waals surface area contributed by atoms with Gasteiger partial charge in [0.05, 0.1) is 16.6 Å². The second kappa shape index (κ2) is 9.13. The molecule has 6 heteroatoms. The number of rotatable bonds is 6. The number of thiophene rings is 1. The summed E-state index contributed by atoms with van der Waals surface area (Å²) < 4.78 is 0. The predicted molar refractivity (Wildman–Crippen MR) is 108 cm³/mol. The highest BCUT2D eigenvalue weighted by Crippen LogP contribution is 2.36. The van der Waals surface area contributed by atoms with Gasteiger partial charge in [-0.2, -0.15) is 0 Å². The molecule has 1 saturated carbocycles. The second-order valence-corrected chi connectivity index (χ2v) is 8.62. The molecule has 2 aromatic rings. The lowest BCUT2D eigenvalue weighted by atomic mass is 9.77. The topological polar surface area (TPSA) is 71.1 Å². The standard InChI is InChI=1S/C21H27N3O2S/c1-14-6-11-19(27-14)21(26)23-13-16-7-9-17(10-8-16)20(24-15(2)25)18-5-3-4-12-22-18/h3-6,11-12,16-17,20H,7-10,13H2,1-2H3,(H,23,26)(H,24,25)/t16?,17?,20-/m0/s1. The van der Waals surface area contributed by atoms with Gasteiger partial charge in [0.1, 0.15) is 0 Å². The van der Waals surface area contributed by atoms with Gasteiger partial charge >= 0.3 is 0 Å². The Morgan fingerprint density at radius 1 is 1.19 bits per heavy atom. The maximum Gasteiger partial charge on any atom is 0.261 e. The number of nitrogens with zero attached hydrogens (tertiary/aromatic N) is 1. The first kappa shape index (κ1) is 19.5. The minimum Gasteiger partial charge on any atom is -0.351 e.